The largest absolute Gasteiger partial charge is 0.302 e. The third kappa shape index (κ3) is 5.19. The van der Waals surface area contributed by atoms with E-state index in [2.05, 4.69) is 54.5 Å². The van der Waals surface area contributed by atoms with Crippen molar-refractivity contribution in [3.8, 4) is 11.3 Å². The molecule has 1 heterocycles. The first-order valence-electron chi connectivity index (χ1n) is 8.62. The second-order valence-corrected chi connectivity index (χ2v) is 8.20. The van der Waals surface area contributed by atoms with E-state index in [1.807, 2.05) is 23.6 Å². The number of aryl methyl sites for hydroxylation is 2. The Balaban J connectivity index is 1.48. The molecule has 0 saturated heterocycles. The molecule has 0 bridgehead atoms. The fourth-order valence-corrected chi connectivity index (χ4v) is 4.28. The Morgan fingerprint density at radius 1 is 1.15 bits per heavy atom. The number of thioether (sulfide) groups is 1. The van der Waals surface area contributed by atoms with Crippen molar-refractivity contribution in [1.82, 2.24) is 4.98 Å². The molecule has 2 aromatic carbocycles. The van der Waals surface area contributed by atoms with Crippen LogP contribution in [0.25, 0.3) is 11.3 Å². The highest BCUT2D eigenvalue weighted by molar-refractivity contribution is 7.99. The third-order valence-electron chi connectivity index (χ3n) is 3.97. The number of hydrogen-bond donors (Lipinski definition) is 1. The molecule has 0 aliphatic rings. The van der Waals surface area contributed by atoms with Crippen molar-refractivity contribution in [3.63, 3.8) is 0 Å². The van der Waals surface area contributed by atoms with Gasteiger partial charge in [-0.15, -0.1) is 23.1 Å². The molecular weight excluding hydrogens is 360 g/mol. The van der Waals surface area contributed by atoms with E-state index in [4.69, 9.17) is 0 Å². The molecule has 5 heteroatoms. The van der Waals surface area contributed by atoms with Gasteiger partial charge in [-0.25, -0.2) is 4.98 Å². The first kappa shape index (κ1) is 18.7. The van der Waals surface area contributed by atoms with Crippen LogP contribution < -0.4 is 5.32 Å². The number of amides is 1. The molecule has 3 rings (SSSR count). The molecule has 0 unspecified atom stereocenters. The van der Waals surface area contributed by atoms with E-state index >= 15 is 0 Å². The smallest absolute Gasteiger partial charge is 0.226 e. The Labute approximate surface area is 162 Å². The molecule has 3 aromatic rings. The van der Waals surface area contributed by atoms with Crippen LogP contribution in [0.3, 0.4) is 0 Å². The van der Waals surface area contributed by atoms with Gasteiger partial charge in [-0.3, -0.25) is 4.79 Å². The lowest BCUT2D eigenvalue weighted by molar-refractivity contribution is -0.116. The highest BCUT2D eigenvalue weighted by atomic mass is 32.2. The second kappa shape index (κ2) is 9.01. The van der Waals surface area contributed by atoms with E-state index in [9.17, 15) is 4.79 Å². The zero-order valence-corrected chi connectivity index (χ0v) is 16.6. The lowest BCUT2D eigenvalue weighted by Crippen LogP contribution is -2.11. The van der Waals surface area contributed by atoms with Crippen LogP contribution in [0.15, 0.2) is 58.8 Å². The summed E-state index contributed by atoms with van der Waals surface area (Å²) in [6, 6.07) is 16.6. The maximum Gasteiger partial charge on any atom is 0.226 e. The Hall–Kier alpha value is -2.11. The van der Waals surface area contributed by atoms with Crippen LogP contribution >= 0.6 is 23.1 Å². The molecule has 134 valence electrons. The van der Waals surface area contributed by atoms with Crippen molar-refractivity contribution in [3.05, 3.63) is 65.0 Å². The summed E-state index contributed by atoms with van der Waals surface area (Å²) in [6.07, 6.45) is 1.36. The van der Waals surface area contributed by atoms with Crippen LogP contribution in [-0.4, -0.2) is 16.6 Å². The Kier molecular flexibility index (Phi) is 6.47. The topological polar surface area (TPSA) is 42.0 Å². The van der Waals surface area contributed by atoms with Crippen molar-refractivity contribution in [2.24, 2.45) is 0 Å². The maximum atomic E-state index is 12.1. The summed E-state index contributed by atoms with van der Waals surface area (Å²) < 4.78 is 0. The Morgan fingerprint density at radius 2 is 1.96 bits per heavy atom. The normalized spacial score (nSPS) is 10.7. The number of carbonyl (C=O) groups is 1. The summed E-state index contributed by atoms with van der Waals surface area (Å²) in [4.78, 5) is 17.9. The van der Waals surface area contributed by atoms with Gasteiger partial charge in [0.05, 0.1) is 5.69 Å². The number of aromatic nitrogens is 1. The van der Waals surface area contributed by atoms with Crippen LogP contribution in [0.2, 0.25) is 0 Å². The van der Waals surface area contributed by atoms with Gasteiger partial charge >= 0.3 is 0 Å². The molecule has 26 heavy (non-hydrogen) atoms. The van der Waals surface area contributed by atoms with Crippen LogP contribution in [0.1, 0.15) is 24.0 Å². The summed E-state index contributed by atoms with van der Waals surface area (Å²) in [6.45, 7) is 4.17. The quantitative estimate of drug-likeness (QED) is 0.406. The molecule has 0 saturated carbocycles. The fourth-order valence-electron chi connectivity index (χ4n) is 2.68. The average molecular weight is 383 g/mol. The van der Waals surface area contributed by atoms with Crippen molar-refractivity contribution in [2.45, 2.75) is 31.6 Å². The zero-order valence-electron chi connectivity index (χ0n) is 15.0. The predicted molar refractivity (Wildman–Crippen MR) is 112 cm³/mol. The molecule has 1 aromatic heterocycles. The van der Waals surface area contributed by atoms with Crippen LogP contribution in [-0.2, 0) is 4.79 Å². The van der Waals surface area contributed by atoms with Crippen molar-refractivity contribution in [1.29, 1.82) is 0 Å². The van der Waals surface area contributed by atoms with Crippen molar-refractivity contribution < 1.29 is 4.79 Å². The van der Waals surface area contributed by atoms with Crippen molar-refractivity contribution >= 4 is 34.1 Å². The molecule has 0 radical (unpaired) electrons. The number of nitrogens with zero attached hydrogens (tertiary/aromatic N) is 1. The minimum atomic E-state index is 0.0280. The van der Waals surface area contributed by atoms with E-state index in [1.165, 1.54) is 27.4 Å². The van der Waals surface area contributed by atoms with Crippen molar-refractivity contribution in [2.75, 3.05) is 11.1 Å². The number of hydrogen-bond acceptors (Lipinski definition) is 4. The number of benzene rings is 2. The highest BCUT2D eigenvalue weighted by Gasteiger charge is 2.10. The summed E-state index contributed by atoms with van der Waals surface area (Å²) >= 11 is 3.25. The molecule has 0 spiro atoms. The first-order valence-corrected chi connectivity index (χ1v) is 10.5. The molecule has 0 fully saturated rings. The van der Waals surface area contributed by atoms with Gasteiger partial charge in [0.2, 0.25) is 5.91 Å². The van der Waals surface area contributed by atoms with E-state index in [-0.39, 0.29) is 5.91 Å². The lowest BCUT2D eigenvalue weighted by Gasteiger charge is -2.04. The van der Waals surface area contributed by atoms with Gasteiger partial charge < -0.3 is 5.32 Å². The number of anilines is 1. The van der Waals surface area contributed by atoms with E-state index < -0.39 is 0 Å². The number of thiazole rings is 1. The molecule has 0 aliphatic heterocycles. The first-order chi connectivity index (χ1) is 12.6. The summed E-state index contributed by atoms with van der Waals surface area (Å²) in [5.74, 6) is 0.962. The van der Waals surface area contributed by atoms with Gasteiger partial charge in [0.25, 0.3) is 0 Å². The summed E-state index contributed by atoms with van der Waals surface area (Å²) in [5.41, 5.74) is 4.48. The highest BCUT2D eigenvalue weighted by Crippen LogP contribution is 2.28. The molecule has 3 nitrogen and oxygen atoms in total. The molecule has 1 amide bonds. The van der Waals surface area contributed by atoms with E-state index in [0.29, 0.717) is 11.6 Å². The van der Waals surface area contributed by atoms with Crippen LogP contribution in [0.4, 0.5) is 5.13 Å². The Bertz CT molecular complexity index is 875. The maximum absolute atomic E-state index is 12.1. The fraction of sp³-hybridized carbons (Fsp3) is 0.238. The molecular formula is C21H22N2OS2. The lowest BCUT2D eigenvalue weighted by atomic mass is 10.0. The summed E-state index contributed by atoms with van der Waals surface area (Å²) in [7, 11) is 0. The predicted octanol–water partition coefficient (Wildman–Crippen LogP) is 5.94. The van der Waals surface area contributed by atoms with Gasteiger partial charge in [-0.05, 0) is 43.7 Å². The van der Waals surface area contributed by atoms with Crippen LogP contribution in [0, 0.1) is 13.8 Å². The van der Waals surface area contributed by atoms with Gasteiger partial charge in [-0.1, -0.05) is 42.0 Å². The SMILES string of the molecule is Cc1ccc(-c2csc(NC(=O)CCCSc3ccccc3)n2)c(C)c1. The summed E-state index contributed by atoms with van der Waals surface area (Å²) in [5, 5.41) is 5.59. The van der Waals surface area contributed by atoms with Gasteiger partial charge in [0.15, 0.2) is 5.13 Å². The van der Waals surface area contributed by atoms with Gasteiger partial charge in [-0.2, -0.15) is 0 Å². The van der Waals surface area contributed by atoms with Gasteiger partial charge in [0, 0.05) is 22.3 Å². The van der Waals surface area contributed by atoms with Gasteiger partial charge in [0.1, 0.15) is 0 Å². The van der Waals surface area contributed by atoms with E-state index in [1.54, 1.807) is 11.8 Å². The molecule has 0 aliphatic carbocycles. The second-order valence-electron chi connectivity index (χ2n) is 6.17. The molecule has 1 N–H and O–H groups in total. The number of nitrogens with one attached hydrogen (secondary N) is 1. The monoisotopic (exact) mass is 382 g/mol. The number of carbonyl (C=O) groups excluding carboxylic acids is 1. The number of rotatable bonds is 7. The minimum absolute atomic E-state index is 0.0280. The van der Waals surface area contributed by atoms with E-state index in [0.717, 1.165) is 23.4 Å². The minimum Gasteiger partial charge on any atom is -0.302 e. The standard InChI is InChI=1S/C21H22N2OS2/c1-15-10-11-18(16(2)13-15)19-14-26-21(22-19)23-20(24)9-6-12-25-17-7-4-3-5-8-17/h3-5,7-8,10-11,13-14H,6,9,12H2,1-2H3,(H,22,23,24). The van der Waals surface area contributed by atoms with Crippen LogP contribution in [0.5, 0.6) is 0 Å². The third-order valence-corrected chi connectivity index (χ3v) is 5.82. The zero-order chi connectivity index (χ0) is 18.4. The average Bonchev–Trinajstić information content (AvgIpc) is 3.07. The molecule has 0 atom stereocenters. The Morgan fingerprint density at radius 3 is 2.73 bits per heavy atom.